The topological polar surface area (TPSA) is 42.4 Å². The molecule has 0 spiro atoms. The largest absolute Gasteiger partial charge is 0.494 e. The lowest BCUT2D eigenvalue weighted by molar-refractivity contribution is 0.101. The zero-order valence-electron chi connectivity index (χ0n) is 15.7. The number of rotatable bonds is 7. The Morgan fingerprint density at radius 3 is 2.73 bits per heavy atom. The first-order valence-electron chi connectivity index (χ1n) is 8.82. The quantitative estimate of drug-likeness (QED) is 0.545. The zero-order valence-corrected chi connectivity index (χ0v) is 16.5. The van der Waals surface area contributed by atoms with E-state index in [0.717, 1.165) is 21.8 Å². The molecular weight excluding hydrogens is 344 g/mol. The lowest BCUT2D eigenvalue weighted by atomic mass is 10.1. The molecule has 3 aromatic rings. The first-order chi connectivity index (χ1) is 12.5. The van der Waals surface area contributed by atoms with Gasteiger partial charge in [0.05, 0.1) is 22.9 Å². The summed E-state index contributed by atoms with van der Waals surface area (Å²) in [5.41, 5.74) is 2.78. The summed E-state index contributed by atoms with van der Waals surface area (Å²) < 4.78 is 6.96. The number of aromatic nitrogens is 1. The highest BCUT2D eigenvalue weighted by atomic mass is 32.1. The first kappa shape index (κ1) is 18.5. The molecule has 1 heterocycles. The molecule has 1 aromatic heterocycles. The van der Waals surface area contributed by atoms with Crippen LogP contribution in [-0.4, -0.2) is 29.3 Å². The van der Waals surface area contributed by atoms with Gasteiger partial charge in [0.25, 0.3) is 0 Å². The fourth-order valence-corrected chi connectivity index (χ4v) is 3.97. The summed E-state index contributed by atoms with van der Waals surface area (Å²) in [5, 5.41) is 1.09. The van der Waals surface area contributed by atoms with Crippen molar-refractivity contribution in [1.82, 2.24) is 9.88 Å². The summed E-state index contributed by atoms with van der Waals surface area (Å²) in [5.74, 6) is 0.900. The molecular formula is C21H24N2O2S. The average molecular weight is 369 g/mol. The second kappa shape index (κ2) is 7.98. The predicted molar refractivity (Wildman–Crippen MR) is 107 cm³/mol. The zero-order chi connectivity index (χ0) is 18.7. The average Bonchev–Trinajstić information content (AvgIpc) is 3.06. The van der Waals surface area contributed by atoms with Crippen molar-refractivity contribution < 1.29 is 9.53 Å². The smallest absolute Gasteiger partial charge is 0.159 e. The highest BCUT2D eigenvalue weighted by Crippen LogP contribution is 2.31. The number of thiazole rings is 1. The van der Waals surface area contributed by atoms with Gasteiger partial charge in [-0.1, -0.05) is 12.1 Å². The molecule has 0 radical (unpaired) electrons. The van der Waals surface area contributed by atoms with Gasteiger partial charge in [-0.25, -0.2) is 4.98 Å². The summed E-state index contributed by atoms with van der Waals surface area (Å²) >= 11 is 1.73. The van der Waals surface area contributed by atoms with Gasteiger partial charge in [-0.05, 0) is 58.2 Å². The summed E-state index contributed by atoms with van der Waals surface area (Å²) in [6.07, 6.45) is 0. The van der Waals surface area contributed by atoms with Crippen molar-refractivity contribution in [2.24, 2.45) is 0 Å². The number of hydrogen-bond acceptors (Lipinski definition) is 5. The van der Waals surface area contributed by atoms with Crippen molar-refractivity contribution >= 4 is 27.3 Å². The van der Waals surface area contributed by atoms with E-state index in [1.54, 1.807) is 18.3 Å². The summed E-state index contributed by atoms with van der Waals surface area (Å²) in [4.78, 5) is 18.8. The molecule has 0 saturated heterocycles. The van der Waals surface area contributed by atoms with Crippen molar-refractivity contribution in [2.45, 2.75) is 33.4 Å². The molecule has 0 N–H and O–H groups in total. The molecule has 0 aliphatic rings. The molecule has 5 heteroatoms. The minimum Gasteiger partial charge on any atom is -0.494 e. The number of ketones is 1. The maximum atomic E-state index is 11.7. The second-order valence-electron chi connectivity index (χ2n) is 6.42. The molecule has 0 bridgehead atoms. The third kappa shape index (κ3) is 3.94. The van der Waals surface area contributed by atoms with Crippen LogP contribution in [-0.2, 0) is 6.54 Å². The van der Waals surface area contributed by atoms with Crippen LogP contribution in [0.4, 0.5) is 0 Å². The van der Waals surface area contributed by atoms with Crippen molar-refractivity contribution in [3.63, 3.8) is 0 Å². The van der Waals surface area contributed by atoms with E-state index in [-0.39, 0.29) is 11.8 Å². The van der Waals surface area contributed by atoms with Crippen molar-refractivity contribution in [2.75, 3.05) is 13.7 Å². The van der Waals surface area contributed by atoms with Gasteiger partial charge in [-0.2, -0.15) is 0 Å². The number of para-hydroxylation sites is 1. The number of nitrogens with zero attached hydrogens (tertiary/aromatic N) is 2. The summed E-state index contributed by atoms with van der Waals surface area (Å²) in [6.45, 7) is 7.01. The minimum absolute atomic E-state index is 0.0659. The number of hydrogen-bond donors (Lipinski definition) is 0. The third-order valence-corrected chi connectivity index (χ3v) is 5.72. The molecule has 26 heavy (non-hydrogen) atoms. The van der Waals surface area contributed by atoms with Crippen LogP contribution in [0.3, 0.4) is 0 Å². The maximum absolute atomic E-state index is 11.7. The Hall–Kier alpha value is -2.24. The van der Waals surface area contributed by atoms with Crippen LogP contribution in [0.25, 0.3) is 10.2 Å². The van der Waals surface area contributed by atoms with Crippen LogP contribution in [0, 0.1) is 0 Å². The molecule has 1 atom stereocenters. The molecule has 136 valence electrons. The first-order valence-corrected chi connectivity index (χ1v) is 9.63. The van der Waals surface area contributed by atoms with E-state index in [1.165, 1.54) is 4.70 Å². The van der Waals surface area contributed by atoms with Gasteiger partial charge in [-0.15, -0.1) is 11.3 Å². The van der Waals surface area contributed by atoms with Gasteiger partial charge in [0.1, 0.15) is 10.8 Å². The lowest BCUT2D eigenvalue weighted by Crippen LogP contribution is -2.22. The Morgan fingerprint density at radius 1 is 1.27 bits per heavy atom. The van der Waals surface area contributed by atoms with Crippen LogP contribution < -0.4 is 4.74 Å². The SMILES string of the molecule is CCOc1ccc(C(C)=O)cc1CN(C)[C@H](C)c1nc2ccccc2s1. The van der Waals surface area contributed by atoms with E-state index in [0.29, 0.717) is 18.7 Å². The molecule has 2 aromatic carbocycles. The highest BCUT2D eigenvalue weighted by Gasteiger charge is 2.18. The number of fused-ring (bicyclic) bond motifs is 1. The van der Waals surface area contributed by atoms with E-state index in [4.69, 9.17) is 9.72 Å². The molecule has 0 fully saturated rings. The van der Waals surface area contributed by atoms with Crippen LogP contribution in [0.1, 0.15) is 47.7 Å². The molecule has 4 nitrogen and oxygen atoms in total. The Bertz CT molecular complexity index is 886. The molecule has 3 rings (SSSR count). The van der Waals surface area contributed by atoms with Gasteiger partial charge in [0.2, 0.25) is 0 Å². The van der Waals surface area contributed by atoms with E-state index < -0.39 is 0 Å². The summed E-state index contributed by atoms with van der Waals surface area (Å²) in [7, 11) is 2.08. The number of carbonyl (C=O) groups excluding carboxylic acids is 1. The predicted octanol–water partition coefficient (Wildman–Crippen LogP) is 5.09. The molecule has 0 unspecified atom stereocenters. The van der Waals surface area contributed by atoms with Gasteiger partial charge < -0.3 is 4.74 Å². The standard InChI is InChI=1S/C21H24N2O2S/c1-5-25-19-11-10-16(15(3)24)12-17(19)13-23(4)14(2)21-22-18-8-6-7-9-20(18)26-21/h6-12,14H,5,13H2,1-4H3/t14-/m1/s1. The Morgan fingerprint density at radius 2 is 2.04 bits per heavy atom. The fourth-order valence-electron chi connectivity index (χ4n) is 2.88. The van der Waals surface area contributed by atoms with E-state index in [1.807, 2.05) is 43.3 Å². The van der Waals surface area contributed by atoms with Gasteiger partial charge in [0.15, 0.2) is 5.78 Å². The molecule has 0 amide bonds. The van der Waals surface area contributed by atoms with E-state index in [9.17, 15) is 4.79 Å². The van der Waals surface area contributed by atoms with Gasteiger partial charge in [-0.3, -0.25) is 9.69 Å². The monoisotopic (exact) mass is 368 g/mol. The fraction of sp³-hybridized carbons (Fsp3) is 0.333. The van der Waals surface area contributed by atoms with Crippen molar-refractivity contribution in [1.29, 1.82) is 0 Å². The lowest BCUT2D eigenvalue weighted by Gasteiger charge is -2.24. The Balaban J connectivity index is 1.84. The number of carbonyl (C=O) groups is 1. The number of ether oxygens (including phenoxy) is 1. The van der Waals surface area contributed by atoms with Crippen LogP contribution in [0.5, 0.6) is 5.75 Å². The third-order valence-electron chi connectivity index (χ3n) is 4.52. The van der Waals surface area contributed by atoms with E-state index in [2.05, 4.69) is 24.9 Å². The normalized spacial score (nSPS) is 12.5. The van der Waals surface area contributed by atoms with Crippen LogP contribution >= 0.6 is 11.3 Å². The molecule has 0 saturated carbocycles. The van der Waals surface area contributed by atoms with Gasteiger partial charge >= 0.3 is 0 Å². The van der Waals surface area contributed by atoms with Crippen molar-refractivity contribution in [3.05, 3.63) is 58.6 Å². The minimum atomic E-state index is 0.0659. The second-order valence-corrected chi connectivity index (χ2v) is 7.48. The molecule has 0 aliphatic heterocycles. The Kier molecular flexibility index (Phi) is 5.69. The van der Waals surface area contributed by atoms with Gasteiger partial charge in [0, 0.05) is 17.7 Å². The summed E-state index contributed by atoms with van der Waals surface area (Å²) in [6, 6.07) is 14.0. The Labute approximate surface area is 158 Å². The van der Waals surface area contributed by atoms with Crippen molar-refractivity contribution in [3.8, 4) is 5.75 Å². The maximum Gasteiger partial charge on any atom is 0.159 e. The molecule has 0 aliphatic carbocycles. The number of Topliss-reactive ketones (excluding diaryl/α,β-unsaturated/α-hetero) is 1. The van der Waals surface area contributed by atoms with E-state index >= 15 is 0 Å². The van der Waals surface area contributed by atoms with Crippen LogP contribution in [0.2, 0.25) is 0 Å². The van der Waals surface area contributed by atoms with Crippen LogP contribution in [0.15, 0.2) is 42.5 Å². The highest BCUT2D eigenvalue weighted by molar-refractivity contribution is 7.18. The number of benzene rings is 2.